The van der Waals surface area contributed by atoms with Crippen LogP contribution in [0.5, 0.6) is 11.5 Å². The van der Waals surface area contributed by atoms with Gasteiger partial charge in [0, 0.05) is 30.6 Å². The Morgan fingerprint density at radius 3 is 2.72 bits per heavy atom. The number of morpholine rings is 1. The summed E-state index contributed by atoms with van der Waals surface area (Å²) >= 11 is 1.55. The summed E-state index contributed by atoms with van der Waals surface area (Å²) in [5, 5.41) is 7.06. The van der Waals surface area contributed by atoms with Crippen molar-refractivity contribution >= 4 is 28.1 Å². The molecule has 1 N–H and O–H groups in total. The second-order valence-electron chi connectivity index (χ2n) is 6.65. The number of aromatic nitrogens is 1. The van der Waals surface area contributed by atoms with E-state index in [0.29, 0.717) is 31.1 Å². The summed E-state index contributed by atoms with van der Waals surface area (Å²) in [5.74, 6) is 1.16. The normalized spacial score (nSPS) is 14.6. The van der Waals surface area contributed by atoms with Crippen molar-refractivity contribution in [2.24, 2.45) is 5.10 Å². The van der Waals surface area contributed by atoms with Crippen molar-refractivity contribution in [1.29, 1.82) is 0 Å². The number of carbonyl (C=O) groups excluding carboxylic acids is 1. The summed E-state index contributed by atoms with van der Waals surface area (Å²) in [5.41, 5.74) is 5.18. The standard InChI is InChI=1S/C20H26N4O4S/c1-14(10-15-4-5-17(26-2)18(11-15)27-3)22-23-19(25)12-16-13-29-20(21-16)24-6-8-28-9-7-24/h4-5,11,13H,6-10,12H2,1-3H3,(H,23,25)/b22-14-. The zero-order valence-electron chi connectivity index (χ0n) is 16.9. The van der Waals surface area contributed by atoms with Crippen molar-refractivity contribution in [3.05, 3.63) is 34.8 Å². The van der Waals surface area contributed by atoms with Gasteiger partial charge in [-0.3, -0.25) is 4.79 Å². The number of hydrogen-bond donors (Lipinski definition) is 1. The minimum absolute atomic E-state index is 0.185. The lowest BCUT2D eigenvalue weighted by Gasteiger charge is -2.26. The molecule has 0 aliphatic carbocycles. The molecule has 1 aliphatic heterocycles. The van der Waals surface area contributed by atoms with E-state index < -0.39 is 0 Å². The summed E-state index contributed by atoms with van der Waals surface area (Å²) in [7, 11) is 3.21. The molecule has 3 rings (SSSR count). The first kappa shape index (κ1) is 21.1. The third-order valence-corrected chi connectivity index (χ3v) is 5.39. The number of rotatable bonds is 8. The highest BCUT2D eigenvalue weighted by atomic mass is 32.1. The molecule has 0 spiro atoms. The number of hydrazone groups is 1. The number of hydrogen-bond acceptors (Lipinski definition) is 8. The number of nitrogens with one attached hydrogen (secondary N) is 1. The molecule has 2 heterocycles. The maximum Gasteiger partial charge on any atom is 0.246 e. The first-order valence-corrected chi connectivity index (χ1v) is 10.3. The average molecular weight is 419 g/mol. The summed E-state index contributed by atoms with van der Waals surface area (Å²) < 4.78 is 15.9. The van der Waals surface area contributed by atoms with Gasteiger partial charge in [0.25, 0.3) is 0 Å². The van der Waals surface area contributed by atoms with Gasteiger partial charge in [-0.05, 0) is 24.6 Å². The van der Waals surface area contributed by atoms with Crippen molar-refractivity contribution in [2.75, 3.05) is 45.4 Å². The molecule has 29 heavy (non-hydrogen) atoms. The van der Waals surface area contributed by atoms with Crippen LogP contribution >= 0.6 is 11.3 Å². The SMILES string of the molecule is COc1ccc(C/C(C)=N\NC(=O)Cc2csc(N3CCOCC3)n2)cc1OC. The molecule has 0 saturated carbocycles. The largest absolute Gasteiger partial charge is 0.493 e. The molecule has 8 nitrogen and oxygen atoms in total. The number of anilines is 1. The van der Waals surface area contributed by atoms with E-state index in [4.69, 9.17) is 14.2 Å². The van der Waals surface area contributed by atoms with Gasteiger partial charge in [-0.1, -0.05) is 6.07 Å². The molecule has 1 saturated heterocycles. The Labute approximate surface area is 174 Å². The van der Waals surface area contributed by atoms with Crippen molar-refractivity contribution in [2.45, 2.75) is 19.8 Å². The topological polar surface area (TPSA) is 85.3 Å². The van der Waals surface area contributed by atoms with Gasteiger partial charge in [-0.15, -0.1) is 11.3 Å². The first-order valence-electron chi connectivity index (χ1n) is 9.39. The van der Waals surface area contributed by atoms with Crippen LogP contribution in [0.4, 0.5) is 5.13 Å². The monoisotopic (exact) mass is 418 g/mol. The molecule has 0 unspecified atom stereocenters. The molecule has 1 fully saturated rings. The molecule has 9 heteroatoms. The number of benzene rings is 1. The van der Waals surface area contributed by atoms with E-state index in [9.17, 15) is 4.79 Å². The molecule has 0 atom stereocenters. The van der Waals surface area contributed by atoms with Crippen molar-refractivity contribution in [3.63, 3.8) is 0 Å². The van der Waals surface area contributed by atoms with E-state index >= 15 is 0 Å². The molecule has 1 aromatic carbocycles. The number of methoxy groups -OCH3 is 2. The summed E-state index contributed by atoms with van der Waals surface area (Å²) in [6.45, 7) is 4.96. The quantitative estimate of drug-likeness (QED) is 0.523. The van der Waals surface area contributed by atoms with Gasteiger partial charge >= 0.3 is 0 Å². The lowest BCUT2D eigenvalue weighted by Crippen LogP contribution is -2.36. The van der Waals surface area contributed by atoms with E-state index in [0.717, 1.165) is 35.2 Å². The Bertz CT molecular complexity index is 862. The van der Waals surface area contributed by atoms with Gasteiger partial charge in [0.05, 0.1) is 39.5 Å². The number of amides is 1. The van der Waals surface area contributed by atoms with Crippen LogP contribution in [-0.2, 0) is 22.4 Å². The van der Waals surface area contributed by atoms with E-state index in [1.807, 2.05) is 30.5 Å². The summed E-state index contributed by atoms with van der Waals surface area (Å²) in [6, 6.07) is 5.71. The lowest BCUT2D eigenvalue weighted by molar-refractivity contribution is -0.120. The zero-order valence-corrected chi connectivity index (χ0v) is 17.8. The molecular formula is C20H26N4O4S. The number of carbonyl (C=O) groups is 1. The van der Waals surface area contributed by atoms with Crippen LogP contribution in [0.15, 0.2) is 28.7 Å². The van der Waals surface area contributed by atoms with E-state index in [2.05, 4.69) is 20.4 Å². The maximum atomic E-state index is 12.2. The Hall–Kier alpha value is -2.65. The summed E-state index contributed by atoms with van der Waals surface area (Å²) in [4.78, 5) is 19.0. The maximum absolute atomic E-state index is 12.2. The number of nitrogens with zero attached hydrogens (tertiary/aromatic N) is 3. The van der Waals surface area contributed by atoms with E-state index in [1.54, 1.807) is 25.6 Å². The fourth-order valence-corrected chi connectivity index (χ4v) is 3.84. The molecular weight excluding hydrogens is 392 g/mol. The van der Waals surface area contributed by atoms with E-state index in [1.165, 1.54) is 0 Å². The smallest absolute Gasteiger partial charge is 0.246 e. The lowest BCUT2D eigenvalue weighted by atomic mass is 10.1. The second kappa shape index (κ2) is 10.2. The van der Waals surface area contributed by atoms with E-state index in [-0.39, 0.29) is 12.3 Å². The molecule has 1 aromatic heterocycles. The first-order chi connectivity index (χ1) is 14.1. The van der Waals surface area contributed by atoms with Crippen LogP contribution in [0, 0.1) is 0 Å². The van der Waals surface area contributed by atoms with Crippen molar-refractivity contribution in [1.82, 2.24) is 10.4 Å². The van der Waals surface area contributed by atoms with Crippen LogP contribution in [0.3, 0.4) is 0 Å². The van der Waals surface area contributed by atoms with Crippen LogP contribution < -0.4 is 19.8 Å². The second-order valence-corrected chi connectivity index (χ2v) is 7.48. The fraction of sp³-hybridized carbons (Fsp3) is 0.450. The fourth-order valence-electron chi connectivity index (χ4n) is 2.96. The Morgan fingerprint density at radius 2 is 2.00 bits per heavy atom. The van der Waals surface area contributed by atoms with Crippen molar-refractivity contribution < 1.29 is 19.0 Å². The highest BCUT2D eigenvalue weighted by Crippen LogP contribution is 2.27. The number of thiazole rings is 1. The van der Waals surface area contributed by atoms with Gasteiger partial charge in [0.2, 0.25) is 5.91 Å². The van der Waals surface area contributed by atoms with Gasteiger partial charge < -0.3 is 19.1 Å². The van der Waals surface area contributed by atoms with Crippen molar-refractivity contribution in [3.8, 4) is 11.5 Å². The molecule has 1 amide bonds. The van der Waals surface area contributed by atoms with Crippen LogP contribution in [0.1, 0.15) is 18.2 Å². The molecule has 2 aromatic rings. The third-order valence-electron chi connectivity index (χ3n) is 4.44. The summed E-state index contributed by atoms with van der Waals surface area (Å²) in [6.07, 6.45) is 0.798. The minimum atomic E-state index is -0.185. The van der Waals surface area contributed by atoms with Gasteiger partial charge in [0.15, 0.2) is 16.6 Å². The molecule has 156 valence electrons. The molecule has 0 radical (unpaired) electrons. The number of ether oxygens (including phenoxy) is 3. The minimum Gasteiger partial charge on any atom is -0.493 e. The highest BCUT2D eigenvalue weighted by Gasteiger charge is 2.15. The Balaban J connectivity index is 1.51. The Kier molecular flexibility index (Phi) is 7.42. The molecule has 1 aliphatic rings. The van der Waals surface area contributed by atoms with Gasteiger partial charge in [0.1, 0.15) is 0 Å². The van der Waals surface area contributed by atoms with Crippen LogP contribution in [0.2, 0.25) is 0 Å². The molecule has 0 bridgehead atoms. The van der Waals surface area contributed by atoms with Crippen LogP contribution in [0.25, 0.3) is 0 Å². The highest BCUT2D eigenvalue weighted by molar-refractivity contribution is 7.13. The predicted molar refractivity (Wildman–Crippen MR) is 113 cm³/mol. The van der Waals surface area contributed by atoms with Gasteiger partial charge in [-0.2, -0.15) is 5.10 Å². The Morgan fingerprint density at radius 1 is 1.24 bits per heavy atom. The van der Waals surface area contributed by atoms with Gasteiger partial charge in [-0.25, -0.2) is 10.4 Å². The third kappa shape index (κ3) is 5.91. The average Bonchev–Trinajstić information content (AvgIpc) is 3.21. The zero-order chi connectivity index (χ0) is 20.6. The predicted octanol–water partition coefficient (Wildman–Crippen LogP) is 2.27. The van der Waals surface area contributed by atoms with Crippen LogP contribution in [-0.4, -0.2) is 57.1 Å².